The summed E-state index contributed by atoms with van der Waals surface area (Å²) in [4.78, 5) is 24.0. The lowest BCUT2D eigenvalue weighted by Crippen LogP contribution is -2.45. The van der Waals surface area contributed by atoms with E-state index in [-0.39, 0.29) is 36.1 Å². The van der Waals surface area contributed by atoms with Crippen LogP contribution in [0.5, 0.6) is 0 Å². The number of nitrogens with one attached hydrogen (secondary N) is 2. The number of alkyl halides is 3. The molecule has 1 saturated heterocycles. The van der Waals surface area contributed by atoms with Crippen molar-refractivity contribution in [3.05, 3.63) is 64.5 Å². The van der Waals surface area contributed by atoms with Crippen LogP contribution in [-0.2, 0) is 26.9 Å². The average Bonchev–Trinajstić information content (AvgIpc) is 2.72. The van der Waals surface area contributed by atoms with E-state index in [1.54, 1.807) is 13.0 Å². The van der Waals surface area contributed by atoms with Crippen LogP contribution in [0.25, 0.3) is 0 Å². The number of ether oxygens (including phenoxy) is 1. The maximum atomic E-state index is 14.6. The molecule has 2 atom stereocenters. The summed E-state index contributed by atoms with van der Waals surface area (Å²) >= 11 is 0. The van der Waals surface area contributed by atoms with E-state index in [2.05, 4.69) is 5.32 Å². The zero-order valence-electron chi connectivity index (χ0n) is 17.4. The third kappa shape index (κ3) is 5.84. The molecule has 1 fully saturated rings. The highest BCUT2D eigenvalue weighted by Crippen LogP contribution is 2.34. The van der Waals surface area contributed by atoms with Crippen LogP contribution in [0.4, 0.5) is 32.0 Å². The van der Waals surface area contributed by atoms with Crippen molar-refractivity contribution in [3.8, 4) is 0 Å². The Balaban J connectivity index is 1.71. The number of carbonyl (C=O) groups excluding carboxylic acids is 2. The first kappa shape index (κ1) is 24.6. The van der Waals surface area contributed by atoms with Crippen molar-refractivity contribution in [3.63, 3.8) is 0 Å². The van der Waals surface area contributed by atoms with Crippen LogP contribution in [0.15, 0.2) is 30.3 Å². The van der Waals surface area contributed by atoms with Crippen LogP contribution in [0, 0.1) is 17.5 Å². The number of piperidine rings is 1. The smallest absolute Gasteiger partial charge is 0.369 e. The van der Waals surface area contributed by atoms with Gasteiger partial charge in [-0.05, 0) is 36.6 Å². The van der Waals surface area contributed by atoms with E-state index in [1.165, 1.54) is 12.1 Å². The first-order valence-electron chi connectivity index (χ1n) is 10.0. The summed E-state index contributed by atoms with van der Waals surface area (Å²) in [5.74, 6) is -5.41. The summed E-state index contributed by atoms with van der Waals surface area (Å²) in [6.45, 7) is 2.37. The highest BCUT2D eigenvalue weighted by molar-refractivity contribution is 5.92. The third-order valence-electron chi connectivity index (χ3n) is 5.22. The van der Waals surface area contributed by atoms with E-state index < -0.39 is 53.3 Å². The van der Waals surface area contributed by atoms with E-state index in [0.717, 1.165) is 0 Å². The van der Waals surface area contributed by atoms with Crippen molar-refractivity contribution in [2.75, 3.05) is 18.5 Å². The maximum absolute atomic E-state index is 14.6. The van der Waals surface area contributed by atoms with Gasteiger partial charge in [0, 0.05) is 25.1 Å². The topological polar surface area (TPSA) is 67.4 Å². The minimum atomic E-state index is -5.08. The van der Waals surface area contributed by atoms with E-state index in [1.807, 2.05) is 5.32 Å². The second-order valence-electron chi connectivity index (χ2n) is 7.51. The fourth-order valence-electron chi connectivity index (χ4n) is 3.58. The molecule has 2 unspecified atom stereocenters. The molecule has 0 aliphatic carbocycles. The maximum Gasteiger partial charge on any atom is 0.419 e. The van der Waals surface area contributed by atoms with Gasteiger partial charge in [0.2, 0.25) is 11.8 Å². The first-order valence-corrected chi connectivity index (χ1v) is 10.0. The zero-order valence-corrected chi connectivity index (χ0v) is 17.4. The second kappa shape index (κ2) is 9.82. The van der Waals surface area contributed by atoms with Crippen LogP contribution in [0.1, 0.15) is 36.0 Å². The van der Waals surface area contributed by atoms with Crippen LogP contribution in [-0.4, -0.2) is 31.1 Å². The highest BCUT2D eigenvalue weighted by Gasteiger charge is 2.35. The van der Waals surface area contributed by atoms with Crippen LogP contribution >= 0.6 is 0 Å². The fourth-order valence-corrected chi connectivity index (χ4v) is 3.58. The van der Waals surface area contributed by atoms with E-state index in [9.17, 15) is 35.9 Å². The molecule has 1 aliphatic heterocycles. The molecule has 2 amide bonds. The van der Waals surface area contributed by atoms with Crippen molar-refractivity contribution < 1.29 is 40.7 Å². The van der Waals surface area contributed by atoms with E-state index >= 15 is 0 Å². The Kier molecular flexibility index (Phi) is 7.31. The molecular weight excluding hydrogens is 454 g/mol. The molecule has 0 spiro atoms. The quantitative estimate of drug-likeness (QED) is 0.614. The number of halogens is 6. The van der Waals surface area contributed by atoms with Crippen molar-refractivity contribution in [2.45, 2.75) is 38.0 Å². The van der Waals surface area contributed by atoms with Gasteiger partial charge in [-0.3, -0.25) is 9.59 Å². The first-order chi connectivity index (χ1) is 15.5. The zero-order chi connectivity index (χ0) is 24.3. The number of anilines is 1. The van der Waals surface area contributed by atoms with Gasteiger partial charge in [-0.25, -0.2) is 13.2 Å². The molecule has 11 heteroatoms. The molecule has 2 N–H and O–H groups in total. The van der Waals surface area contributed by atoms with Crippen molar-refractivity contribution in [1.29, 1.82) is 0 Å². The molecule has 0 radical (unpaired) electrons. The van der Waals surface area contributed by atoms with Gasteiger partial charge in [0.1, 0.15) is 23.6 Å². The molecule has 3 rings (SSSR count). The highest BCUT2D eigenvalue weighted by atomic mass is 19.4. The van der Waals surface area contributed by atoms with E-state index in [0.29, 0.717) is 18.6 Å². The third-order valence-corrected chi connectivity index (χ3v) is 5.22. The normalized spacial score (nSPS) is 18.7. The minimum absolute atomic E-state index is 0.0201. The molecule has 1 heterocycles. The predicted octanol–water partition coefficient (Wildman–Crippen LogP) is 4.31. The fraction of sp³-hybridized carbons (Fsp3) is 0.364. The summed E-state index contributed by atoms with van der Waals surface area (Å²) in [5, 5.41) is 4.61. The number of rotatable bonds is 6. The number of hydrogen-bond acceptors (Lipinski definition) is 3. The predicted molar refractivity (Wildman–Crippen MR) is 106 cm³/mol. The summed E-state index contributed by atoms with van der Waals surface area (Å²) in [5.41, 5.74) is -2.11. The van der Waals surface area contributed by atoms with Gasteiger partial charge in [-0.1, -0.05) is 12.1 Å². The second-order valence-corrected chi connectivity index (χ2v) is 7.51. The van der Waals surface area contributed by atoms with Gasteiger partial charge >= 0.3 is 6.18 Å². The molecule has 33 heavy (non-hydrogen) atoms. The largest absolute Gasteiger partial charge is 0.419 e. The van der Waals surface area contributed by atoms with Crippen molar-refractivity contribution >= 4 is 17.5 Å². The number of benzene rings is 2. The molecule has 178 valence electrons. The van der Waals surface area contributed by atoms with Crippen LogP contribution in [0.2, 0.25) is 0 Å². The molecule has 0 bridgehead atoms. The lowest BCUT2D eigenvalue weighted by molar-refractivity contribution is -0.140. The van der Waals surface area contributed by atoms with Gasteiger partial charge in [0.05, 0.1) is 17.7 Å². The molecular formula is C22H20F6N2O3. The number of amides is 2. The summed E-state index contributed by atoms with van der Waals surface area (Å²) < 4.78 is 85.7. The standard InChI is InChI=1S/C22H20F6N2O3/c1-2-33-19-6-13(10-29-21(19)32)11-3-4-12(15(23)5-11)7-20(31)30-18-8-14(22(26,27)28)16(24)9-17(18)25/h3-5,8-9,13,19H,2,6-7,10H2,1H3,(H,29,32)(H,30,31). The molecule has 5 nitrogen and oxygen atoms in total. The molecule has 0 aromatic heterocycles. The van der Waals surface area contributed by atoms with Crippen molar-refractivity contribution in [1.82, 2.24) is 5.32 Å². The van der Waals surface area contributed by atoms with Crippen molar-refractivity contribution in [2.24, 2.45) is 0 Å². The number of hydrogen-bond donors (Lipinski definition) is 2. The SMILES string of the molecule is CCOC1CC(c2ccc(CC(=O)Nc3cc(C(F)(F)F)c(F)cc3F)c(F)c2)CNC1=O. The van der Waals surface area contributed by atoms with Gasteiger partial charge in [0.25, 0.3) is 0 Å². The van der Waals surface area contributed by atoms with Gasteiger partial charge in [0.15, 0.2) is 0 Å². The monoisotopic (exact) mass is 474 g/mol. The molecule has 2 aromatic rings. The van der Waals surface area contributed by atoms with Crippen LogP contribution < -0.4 is 10.6 Å². The van der Waals surface area contributed by atoms with Gasteiger partial charge in [-0.15, -0.1) is 0 Å². The van der Waals surface area contributed by atoms with Crippen LogP contribution in [0.3, 0.4) is 0 Å². The molecule has 2 aromatic carbocycles. The Labute approximate surface area is 185 Å². The Morgan fingerprint density at radius 3 is 2.48 bits per heavy atom. The van der Waals surface area contributed by atoms with Gasteiger partial charge in [-0.2, -0.15) is 13.2 Å². The summed E-state index contributed by atoms with van der Waals surface area (Å²) in [6.07, 6.45) is -5.98. The average molecular weight is 474 g/mol. The Morgan fingerprint density at radius 1 is 1.12 bits per heavy atom. The lowest BCUT2D eigenvalue weighted by Gasteiger charge is -2.29. The molecule has 0 saturated carbocycles. The Bertz CT molecular complexity index is 1060. The number of carbonyl (C=O) groups is 2. The minimum Gasteiger partial charge on any atom is -0.369 e. The lowest BCUT2D eigenvalue weighted by atomic mass is 9.89. The Morgan fingerprint density at radius 2 is 1.85 bits per heavy atom. The molecule has 1 aliphatic rings. The Hall–Kier alpha value is -3.08. The van der Waals surface area contributed by atoms with Gasteiger partial charge < -0.3 is 15.4 Å². The van der Waals surface area contributed by atoms with E-state index in [4.69, 9.17) is 4.74 Å². The summed E-state index contributed by atoms with van der Waals surface area (Å²) in [6, 6.07) is 4.27. The summed E-state index contributed by atoms with van der Waals surface area (Å²) in [7, 11) is 0.